The van der Waals surface area contributed by atoms with Gasteiger partial charge in [0.1, 0.15) is 0 Å². The molecule has 1 aromatic rings. The Bertz CT molecular complexity index is 464. The molecule has 1 aliphatic rings. The van der Waals surface area contributed by atoms with Gasteiger partial charge in [0.15, 0.2) is 11.6 Å². The number of anilines is 2. The van der Waals surface area contributed by atoms with Crippen molar-refractivity contribution < 1.29 is 9.13 Å². The number of ether oxygens (including phenoxy) is 1. The lowest BCUT2D eigenvalue weighted by Crippen LogP contribution is -2.19. The highest BCUT2D eigenvalue weighted by atomic mass is 19.1. The number of rotatable bonds is 5. The molecule has 2 atom stereocenters. The Kier molecular flexibility index (Phi) is 5.71. The Labute approximate surface area is 127 Å². The molecule has 0 aliphatic heterocycles. The van der Waals surface area contributed by atoms with Crippen molar-refractivity contribution in [3.8, 4) is 5.75 Å². The van der Waals surface area contributed by atoms with E-state index in [1.165, 1.54) is 25.3 Å². The van der Waals surface area contributed by atoms with Crippen LogP contribution in [0, 0.1) is 11.7 Å². The normalized spacial score (nSPS) is 22.6. The first-order chi connectivity index (χ1) is 10.1. The first kappa shape index (κ1) is 15.9. The number of nitrogens with two attached hydrogens (primary N) is 1. The molecule has 4 heteroatoms. The monoisotopic (exact) mass is 294 g/mol. The van der Waals surface area contributed by atoms with Gasteiger partial charge < -0.3 is 15.8 Å². The molecule has 1 saturated carbocycles. The summed E-state index contributed by atoms with van der Waals surface area (Å²) >= 11 is 0. The third-order valence-electron chi connectivity index (χ3n) is 4.18. The molecule has 0 spiro atoms. The lowest BCUT2D eigenvalue weighted by molar-refractivity contribution is 0.301. The molecule has 1 aliphatic carbocycles. The van der Waals surface area contributed by atoms with E-state index in [1.807, 2.05) is 6.92 Å². The maximum Gasteiger partial charge on any atom is 0.167 e. The van der Waals surface area contributed by atoms with Gasteiger partial charge in [-0.1, -0.05) is 26.7 Å². The van der Waals surface area contributed by atoms with E-state index in [0.717, 1.165) is 30.9 Å². The van der Waals surface area contributed by atoms with Crippen molar-refractivity contribution >= 4 is 11.4 Å². The molecule has 118 valence electrons. The molecule has 0 bridgehead atoms. The summed E-state index contributed by atoms with van der Waals surface area (Å²) in [5, 5.41) is 3.48. The molecule has 1 aromatic carbocycles. The average molecular weight is 294 g/mol. The molecule has 3 N–H and O–H groups in total. The van der Waals surface area contributed by atoms with Crippen molar-refractivity contribution in [1.29, 1.82) is 0 Å². The maximum atomic E-state index is 13.8. The summed E-state index contributed by atoms with van der Waals surface area (Å²) in [7, 11) is 0. The molecular weight excluding hydrogens is 267 g/mol. The fourth-order valence-corrected chi connectivity index (χ4v) is 2.87. The highest BCUT2D eigenvalue weighted by Gasteiger charge is 2.18. The maximum absolute atomic E-state index is 13.8. The SMILES string of the molecule is CCCOc1cc(NC2CCCC(C)CC2)c(N)cc1F. The number of hydrogen-bond donors (Lipinski definition) is 2. The fourth-order valence-electron chi connectivity index (χ4n) is 2.87. The van der Waals surface area contributed by atoms with Crippen LogP contribution in [0.3, 0.4) is 0 Å². The summed E-state index contributed by atoms with van der Waals surface area (Å²) in [6.45, 7) is 4.83. The number of benzene rings is 1. The molecule has 0 radical (unpaired) electrons. The minimum Gasteiger partial charge on any atom is -0.490 e. The van der Waals surface area contributed by atoms with Crippen LogP contribution in [0.4, 0.5) is 15.8 Å². The van der Waals surface area contributed by atoms with Crippen molar-refractivity contribution in [2.75, 3.05) is 17.7 Å². The molecule has 0 saturated heterocycles. The van der Waals surface area contributed by atoms with Crippen LogP contribution in [0.5, 0.6) is 5.75 Å². The van der Waals surface area contributed by atoms with Crippen molar-refractivity contribution in [1.82, 2.24) is 0 Å². The van der Waals surface area contributed by atoms with E-state index in [2.05, 4.69) is 12.2 Å². The fraction of sp³-hybridized carbons (Fsp3) is 0.647. The third-order valence-corrected chi connectivity index (χ3v) is 4.18. The van der Waals surface area contributed by atoms with Crippen molar-refractivity contribution in [2.45, 2.75) is 58.4 Å². The Morgan fingerprint density at radius 3 is 2.86 bits per heavy atom. The summed E-state index contributed by atoms with van der Waals surface area (Å²) in [6.07, 6.45) is 6.90. The van der Waals surface area contributed by atoms with Crippen LogP contribution in [0.15, 0.2) is 12.1 Å². The standard InChI is InChI=1S/C17H27FN2O/c1-3-9-21-17-11-16(15(19)10-14(17)18)20-13-6-4-5-12(2)7-8-13/h10-13,20H,3-9,19H2,1-2H3. The topological polar surface area (TPSA) is 47.3 Å². The summed E-state index contributed by atoms with van der Waals surface area (Å²) in [6, 6.07) is 3.48. The zero-order chi connectivity index (χ0) is 15.2. The second-order valence-electron chi connectivity index (χ2n) is 6.17. The molecule has 21 heavy (non-hydrogen) atoms. The quantitative estimate of drug-likeness (QED) is 0.617. The van der Waals surface area contributed by atoms with Gasteiger partial charge in [0.05, 0.1) is 18.0 Å². The van der Waals surface area contributed by atoms with Gasteiger partial charge in [0.25, 0.3) is 0 Å². The van der Waals surface area contributed by atoms with E-state index in [1.54, 1.807) is 6.07 Å². The number of halogens is 1. The van der Waals surface area contributed by atoms with E-state index >= 15 is 0 Å². The minimum atomic E-state index is -0.388. The molecule has 0 amide bonds. The Morgan fingerprint density at radius 2 is 2.10 bits per heavy atom. The summed E-state index contributed by atoms with van der Waals surface area (Å²) < 4.78 is 19.3. The summed E-state index contributed by atoms with van der Waals surface area (Å²) in [5.41, 5.74) is 7.19. The van der Waals surface area contributed by atoms with Crippen LogP contribution >= 0.6 is 0 Å². The van der Waals surface area contributed by atoms with Crippen LogP contribution in [0.2, 0.25) is 0 Å². The van der Waals surface area contributed by atoms with Crippen molar-refractivity contribution in [2.24, 2.45) is 5.92 Å². The van der Waals surface area contributed by atoms with Crippen LogP contribution < -0.4 is 15.8 Å². The largest absolute Gasteiger partial charge is 0.490 e. The van der Waals surface area contributed by atoms with E-state index in [0.29, 0.717) is 18.3 Å². The molecule has 0 heterocycles. The Balaban J connectivity index is 2.07. The number of nitrogens with one attached hydrogen (secondary N) is 1. The second-order valence-corrected chi connectivity index (χ2v) is 6.17. The van der Waals surface area contributed by atoms with Crippen LogP contribution in [0.25, 0.3) is 0 Å². The molecule has 0 aromatic heterocycles. The van der Waals surface area contributed by atoms with E-state index in [9.17, 15) is 4.39 Å². The van der Waals surface area contributed by atoms with Gasteiger partial charge >= 0.3 is 0 Å². The molecule has 2 unspecified atom stereocenters. The van der Waals surface area contributed by atoms with Gasteiger partial charge in [-0.25, -0.2) is 4.39 Å². The summed E-state index contributed by atoms with van der Waals surface area (Å²) in [4.78, 5) is 0. The smallest absolute Gasteiger partial charge is 0.167 e. The van der Waals surface area contributed by atoms with Gasteiger partial charge in [-0.2, -0.15) is 0 Å². The molecule has 2 rings (SSSR count). The molecule has 3 nitrogen and oxygen atoms in total. The number of nitrogen functional groups attached to an aromatic ring is 1. The Morgan fingerprint density at radius 1 is 1.29 bits per heavy atom. The lowest BCUT2D eigenvalue weighted by Gasteiger charge is -2.20. The highest BCUT2D eigenvalue weighted by Crippen LogP contribution is 2.31. The van der Waals surface area contributed by atoms with Gasteiger partial charge in [-0.3, -0.25) is 0 Å². The van der Waals surface area contributed by atoms with Crippen LogP contribution in [-0.2, 0) is 0 Å². The molecular formula is C17H27FN2O. The van der Waals surface area contributed by atoms with Gasteiger partial charge in [-0.15, -0.1) is 0 Å². The first-order valence-corrected chi connectivity index (χ1v) is 8.08. The van der Waals surface area contributed by atoms with E-state index < -0.39 is 0 Å². The minimum absolute atomic E-state index is 0.288. The van der Waals surface area contributed by atoms with Gasteiger partial charge in [0.2, 0.25) is 0 Å². The molecule has 1 fully saturated rings. The van der Waals surface area contributed by atoms with Gasteiger partial charge in [-0.05, 0) is 31.6 Å². The predicted octanol–water partition coefficient (Wildman–Crippen LogP) is 4.58. The van der Waals surface area contributed by atoms with Gasteiger partial charge in [0, 0.05) is 18.2 Å². The first-order valence-electron chi connectivity index (χ1n) is 8.08. The van der Waals surface area contributed by atoms with Crippen LogP contribution in [-0.4, -0.2) is 12.6 Å². The van der Waals surface area contributed by atoms with E-state index in [-0.39, 0.29) is 11.6 Å². The second kappa shape index (κ2) is 7.53. The lowest BCUT2D eigenvalue weighted by atomic mass is 10.0. The van der Waals surface area contributed by atoms with E-state index in [4.69, 9.17) is 10.5 Å². The third kappa shape index (κ3) is 4.51. The highest BCUT2D eigenvalue weighted by molar-refractivity contribution is 5.69. The van der Waals surface area contributed by atoms with Crippen molar-refractivity contribution in [3.63, 3.8) is 0 Å². The van der Waals surface area contributed by atoms with Crippen LogP contribution in [0.1, 0.15) is 52.4 Å². The zero-order valence-electron chi connectivity index (χ0n) is 13.1. The zero-order valence-corrected chi connectivity index (χ0v) is 13.1. The average Bonchev–Trinajstić information content (AvgIpc) is 2.65. The predicted molar refractivity (Wildman–Crippen MR) is 86.3 cm³/mol. The van der Waals surface area contributed by atoms with Crippen molar-refractivity contribution in [3.05, 3.63) is 17.9 Å². The Hall–Kier alpha value is -1.45. The number of hydrogen-bond acceptors (Lipinski definition) is 3. The summed E-state index contributed by atoms with van der Waals surface area (Å²) in [5.74, 6) is 0.697.